The molecule has 98 valence electrons. The highest BCUT2D eigenvalue weighted by atomic mass is 14.2. The first-order valence-corrected chi connectivity index (χ1v) is 7.61. The number of allylic oxidation sites excluding steroid dienone is 2. The van der Waals surface area contributed by atoms with E-state index >= 15 is 0 Å². The lowest BCUT2D eigenvalue weighted by Crippen LogP contribution is -2.05. The van der Waals surface area contributed by atoms with E-state index in [0.29, 0.717) is 0 Å². The maximum Gasteiger partial charge on any atom is -0.0228 e. The molecule has 18 heavy (non-hydrogen) atoms. The Morgan fingerprint density at radius 1 is 1.11 bits per heavy atom. The second-order valence-electron chi connectivity index (χ2n) is 5.56. The molecule has 1 aliphatic rings. The molecule has 1 aromatic rings. The molecule has 0 spiro atoms. The van der Waals surface area contributed by atoms with Gasteiger partial charge in [-0.3, -0.25) is 0 Å². The van der Waals surface area contributed by atoms with Crippen molar-refractivity contribution >= 4 is 5.57 Å². The summed E-state index contributed by atoms with van der Waals surface area (Å²) in [5.74, 6) is 0.948. The highest BCUT2D eigenvalue weighted by Crippen LogP contribution is 2.32. The molecule has 0 N–H and O–H groups in total. The van der Waals surface area contributed by atoms with Crippen LogP contribution in [0, 0.1) is 5.92 Å². The van der Waals surface area contributed by atoms with Crippen molar-refractivity contribution in [1.29, 1.82) is 0 Å². The highest BCUT2D eigenvalue weighted by Gasteiger charge is 2.14. The van der Waals surface area contributed by atoms with Gasteiger partial charge >= 0.3 is 0 Å². The number of hydrogen-bond acceptors (Lipinski definition) is 0. The van der Waals surface area contributed by atoms with E-state index in [9.17, 15) is 0 Å². The molecule has 0 fully saturated rings. The maximum atomic E-state index is 2.49. The Bertz CT molecular complexity index is 383. The third kappa shape index (κ3) is 3.48. The van der Waals surface area contributed by atoms with Crippen molar-refractivity contribution in [3.63, 3.8) is 0 Å². The molecular weight excluding hydrogens is 216 g/mol. The predicted octanol–water partition coefficient (Wildman–Crippen LogP) is 5.62. The van der Waals surface area contributed by atoms with Crippen LogP contribution in [0.5, 0.6) is 0 Å². The second-order valence-corrected chi connectivity index (χ2v) is 5.56. The normalized spacial score (nSPS) is 19.7. The molecule has 0 radical (unpaired) electrons. The molecular formula is C18H26. The summed E-state index contributed by atoms with van der Waals surface area (Å²) in [5.41, 5.74) is 4.46. The molecule has 2 rings (SSSR count). The summed E-state index contributed by atoms with van der Waals surface area (Å²) in [6.07, 6.45) is 11.8. The Balaban J connectivity index is 1.95. The van der Waals surface area contributed by atoms with Gasteiger partial charge in [-0.15, -0.1) is 0 Å². The lowest BCUT2D eigenvalue weighted by Gasteiger charge is -2.22. The molecule has 0 saturated carbocycles. The Morgan fingerprint density at radius 2 is 1.89 bits per heavy atom. The summed E-state index contributed by atoms with van der Waals surface area (Å²) in [4.78, 5) is 0. The van der Waals surface area contributed by atoms with E-state index in [-0.39, 0.29) is 0 Å². The van der Waals surface area contributed by atoms with Crippen LogP contribution in [0.3, 0.4) is 0 Å². The number of rotatable bonds is 5. The number of benzene rings is 1. The van der Waals surface area contributed by atoms with Crippen LogP contribution in [0.1, 0.15) is 63.5 Å². The topological polar surface area (TPSA) is 0 Å². The van der Waals surface area contributed by atoms with Crippen molar-refractivity contribution < 1.29 is 0 Å². The largest absolute Gasteiger partial charge is 0.0804 e. The van der Waals surface area contributed by atoms with Gasteiger partial charge in [-0.1, -0.05) is 63.5 Å². The van der Waals surface area contributed by atoms with Crippen LogP contribution in [0.4, 0.5) is 0 Å². The van der Waals surface area contributed by atoms with Gasteiger partial charge in [0.25, 0.3) is 0 Å². The van der Waals surface area contributed by atoms with Crippen LogP contribution >= 0.6 is 0 Å². The SMILES string of the molecule is CCCCC1CC=C(c2ccc(CC)cc2)CC1. The summed E-state index contributed by atoms with van der Waals surface area (Å²) in [7, 11) is 0. The average molecular weight is 242 g/mol. The number of hydrogen-bond donors (Lipinski definition) is 0. The minimum Gasteiger partial charge on any atom is -0.0804 e. The lowest BCUT2D eigenvalue weighted by molar-refractivity contribution is 0.434. The third-order valence-corrected chi connectivity index (χ3v) is 4.22. The Hall–Kier alpha value is -1.04. The Kier molecular flexibility index (Phi) is 5.04. The van der Waals surface area contributed by atoms with Crippen molar-refractivity contribution in [3.05, 3.63) is 41.5 Å². The van der Waals surface area contributed by atoms with Crippen LogP contribution in [-0.2, 0) is 6.42 Å². The standard InChI is InChI=1S/C18H26/c1-3-5-6-16-9-13-18(14-10-16)17-11-7-15(4-2)8-12-17/h7-8,11-13,16H,3-6,9-10,14H2,1-2H3. The smallest absolute Gasteiger partial charge is 0.0228 e. The van der Waals surface area contributed by atoms with E-state index in [4.69, 9.17) is 0 Å². The van der Waals surface area contributed by atoms with Crippen LogP contribution in [-0.4, -0.2) is 0 Å². The van der Waals surface area contributed by atoms with Crippen molar-refractivity contribution in [3.8, 4) is 0 Å². The average Bonchev–Trinajstić information content (AvgIpc) is 2.46. The fourth-order valence-corrected chi connectivity index (χ4v) is 2.86. The predicted molar refractivity (Wildman–Crippen MR) is 80.7 cm³/mol. The van der Waals surface area contributed by atoms with E-state index in [1.165, 1.54) is 49.7 Å². The molecule has 0 aromatic heterocycles. The fourth-order valence-electron chi connectivity index (χ4n) is 2.86. The Morgan fingerprint density at radius 3 is 2.44 bits per heavy atom. The summed E-state index contributed by atoms with van der Waals surface area (Å²) in [5, 5.41) is 0. The van der Waals surface area contributed by atoms with Gasteiger partial charge in [-0.2, -0.15) is 0 Å². The minimum absolute atomic E-state index is 0.948. The molecule has 0 saturated heterocycles. The van der Waals surface area contributed by atoms with Gasteiger partial charge in [0, 0.05) is 0 Å². The quantitative estimate of drug-likeness (QED) is 0.628. The van der Waals surface area contributed by atoms with Gasteiger partial charge in [0.05, 0.1) is 0 Å². The van der Waals surface area contributed by atoms with Crippen LogP contribution < -0.4 is 0 Å². The van der Waals surface area contributed by atoms with Gasteiger partial charge < -0.3 is 0 Å². The molecule has 1 unspecified atom stereocenters. The van der Waals surface area contributed by atoms with Crippen LogP contribution in [0.25, 0.3) is 5.57 Å². The van der Waals surface area contributed by atoms with Crippen molar-refractivity contribution in [2.24, 2.45) is 5.92 Å². The van der Waals surface area contributed by atoms with E-state index in [1.807, 2.05) is 0 Å². The molecule has 1 aromatic carbocycles. The fraction of sp³-hybridized carbons (Fsp3) is 0.556. The minimum atomic E-state index is 0.948. The molecule has 0 amide bonds. The maximum absolute atomic E-state index is 2.49. The third-order valence-electron chi connectivity index (χ3n) is 4.22. The number of aryl methyl sites for hydroxylation is 1. The van der Waals surface area contributed by atoms with Gasteiger partial charge in [-0.25, -0.2) is 0 Å². The summed E-state index contributed by atoms with van der Waals surface area (Å²) >= 11 is 0. The van der Waals surface area contributed by atoms with Gasteiger partial charge in [-0.05, 0) is 48.3 Å². The molecule has 0 nitrogen and oxygen atoms in total. The van der Waals surface area contributed by atoms with E-state index < -0.39 is 0 Å². The summed E-state index contributed by atoms with van der Waals surface area (Å²) < 4.78 is 0. The highest BCUT2D eigenvalue weighted by molar-refractivity contribution is 5.66. The zero-order valence-corrected chi connectivity index (χ0v) is 11.9. The first-order valence-electron chi connectivity index (χ1n) is 7.61. The zero-order valence-electron chi connectivity index (χ0n) is 11.9. The van der Waals surface area contributed by atoms with Gasteiger partial charge in [0.2, 0.25) is 0 Å². The van der Waals surface area contributed by atoms with Gasteiger partial charge in [0.1, 0.15) is 0 Å². The van der Waals surface area contributed by atoms with Crippen LogP contribution in [0.15, 0.2) is 30.3 Å². The molecule has 0 heteroatoms. The molecule has 1 atom stereocenters. The Labute approximate surface area is 112 Å². The summed E-state index contributed by atoms with van der Waals surface area (Å²) in [6.45, 7) is 4.51. The molecule has 0 bridgehead atoms. The van der Waals surface area contributed by atoms with E-state index in [2.05, 4.69) is 44.2 Å². The zero-order chi connectivity index (χ0) is 12.8. The van der Waals surface area contributed by atoms with Crippen molar-refractivity contribution in [2.45, 2.75) is 58.8 Å². The van der Waals surface area contributed by atoms with Crippen molar-refractivity contribution in [2.75, 3.05) is 0 Å². The van der Waals surface area contributed by atoms with Gasteiger partial charge in [0.15, 0.2) is 0 Å². The van der Waals surface area contributed by atoms with E-state index in [1.54, 1.807) is 5.57 Å². The van der Waals surface area contributed by atoms with E-state index in [0.717, 1.165) is 12.3 Å². The first kappa shape index (κ1) is 13.4. The van der Waals surface area contributed by atoms with Crippen molar-refractivity contribution in [1.82, 2.24) is 0 Å². The van der Waals surface area contributed by atoms with Crippen LogP contribution in [0.2, 0.25) is 0 Å². The lowest BCUT2D eigenvalue weighted by atomic mass is 9.84. The molecule has 0 aliphatic heterocycles. The summed E-state index contributed by atoms with van der Waals surface area (Å²) in [6, 6.07) is 9.16. The second kappa shape index (κ2) is 6.78. The monoisotopic (exact) mass is 242 g/mol. The number of unbranched alkanes of at least 4 members (excludes halogenated alkanes) is 1. The first-order chi connectivity index (χ1) is 8.83. The molecule has 0 heterocycles. The molecule has 1 aliphatic carbocycles.